The van der Waals surface area contributed by atoms with Crippen LogP contribution < -0.4 is 5.32 Å². The van der Waals surface area contributed by atoms with Crippen molar-refractivity contribution in [1.29, 1.82) is 0 Å². The number of nitrogens with zero attached hydrogens (tertiary/aromatic N) is 1. The van der Waals surface area contributed by atoms with Crippen LogP contribution in [0.4, 0.5) is 0 Å². The first kappa shape index (κ1) is 18.7. The molecule has 0 bridgehead atoms. The molecule has 1 atom stereocenters. The molecule has 3 rings (SSSR count). The van der Waals surface area contributed by atoms with Gasteiger partial charge in [-0.05, 0) is 43.5 Å². The average molecular weight is 374 g/mol. The average Bonchev–Trinajstić information content (AvgIpc) is 2.97. The number of hydrogen-bond donors (Lipinski definition) is 2. The summed E-state index contributed by atoms with van der Waals surface area (Å²) in [6.45, 7) is 7.38. The van der Waals surface area contributed by atoms with Gasteiger partial charge in [-0.3, -0.25) is 9.59 Å². The Labute approximate surface area is 158 Å². The van der Waals surface area contributed by atoms with Crippen LogP contribution in [-0.2, 0) is 6.42 Å². The maximum atomic E-state index is 13.4. The molecule has 2 heterocycles. The van der Waals surface area contributed by atoms with Gasteiger partial charge in [0.05, 0.1) is 6.04 Å². The van der Waals surface area contributed by atoms with Gasteiger partial charge in [-0.25, -0.2) is 0 Å². The van der Waals surface area contributed by atoms with Crippen LogP contribution in [0.2, 0.25) is 5.02 Å². The SMILES string of the molecule is CCc1c(C(=O)N2CCNCC2c2cccc(Cl)c2)[nH]c(C)c1C(C)=O. The van der Waals surface area contributed by atoms with Crippen molar-refractivity contribution in [2.75, 3.05) is 19.6 Å². The number of carbonyl (C=O) groups is 2. The molecule has 1 fully saturated rings. The topological polar surface area (TPSA) is 65.2 Å². The second-order valence-corrected chi connectivity index (χ2v) is 7.10. The van der Waals surface area contributed by atoms with Gasteiger partial charge in [-0.1, -0.05) is 30.7 Å². The molecule has 1 aromatic heterocycles. The first-order chi connectivity index (χ1) is 12.4. The fraction of sp³-hybridized carbons (Fsp3) is 0.400. The van der Waals surface area contributed by atoms with Crippen LogP contribution in [0.25, 0.3) is 0 Å². The number of aromatic nitrogens is 1. The maximum absolute atomic E-state index is 13.4. The molecule has 1 aliphatic heterocycles. The first-order valence-electron chi connectivity index (χ1n) is 8.93. The highest BCUT2D eigenvalue weighted by atomic mass is 35.5. The van der Waals surface area contributed by atoms with Gasteiger partial charge in [0.15, 0.2) is 5.78 Å². The number of aryl methyl sites for hydroxylation is 1. The van der Waals surface area contributed by atoms with Crippen molar-refractivity contribution in [1.82, 2.24) is 15.2 Å². The van der Waals surface area contributed by atoms with Crippen LogP contribution in [0, 0.1) is 6.92 Å². The van der Waals surface area contributed by atoms with Gasteiger partial charge >= 0.3 is 0 Å². The highest BCUT2D eigenvalue weighted by Gasteiger charge is 2.32. The molecule has 2 aromatic rings. The lowest BCUT2D eigenvalue weighted by Gasteiger charge is -2.36. The zero-order valence-electron chi connectivity index (χ0n) is 15.4. The lowest BCUT2D eigenvalue weighted by atomic mass is 10.00. The fourth-order valence-corrected chi connectivity index (χ4v) is 3.99. The van der Waals surface area contributed by atoms with E-state index in [9.17, 15) is 9.59 Å². The number of Topliss-reactive ketones (excluding diaryl/α,β-unsaturated/α-hetero) is 1. The van der Waals surface area contributed by atoms with E-state index >= 15 is 0 Å². The Hall–Kier alpha value is -2.11. The van der Waals surface area contributed by atoms with Crippen molar-refractivity contribution in [2.24, 2.45) is 0 Å². The predicted molar refractivity (Wildman–Crippen MR) is 103 cm³/mol. The van der Waals surface area contributed by atoms with Crippen LogP contribution >= 0.6 is 11.6 Å². The fourth-order valence-electron chi connectivity index (χ4n) is 3.79. The summed E-state index contributed by atoms with van der Waals surface area (Å²) in [6, 6.07) is 7.53. The van der Waals surface area contributed by atoms with Crippen LogP contribution in [0.1, 0.15) is 57.6 Å². The van der Waals surface area contributed by atoms with E-state index < -0.39 is 0 Å². The largest absolute Gasteiger partial charge is 0.354 e. The van der Waals surface area contributed by atoms with Crippen LogP contribution in [-0.4, -0.2) is 41.2 Å². The van der Waals surface area contributed by atoms with Crippen molar-refractivity contribution in [3.05, 3.63) is 57.4 Å². The Kier molecular flexibility index (Phi) is 5.49. The summed E-state index contributed by atoms with van der Waals surface area (Å²) in [5, 5.41) is 4.01. The molecule has 5 nitrogen and oxygen atoms in total. The Balaban J connectivity index is 2.00. The quantitative estimate of drug-likeness (QED) is 0.806. The number of hydrogen-bond acceptors (Lipinski definition) is 3. The van der Waals surface area contributed by atoms with E-state index in [4.69, 9.17) is 11.6 Å². The summed E-state index contributed by atoms with van der Waals surface area (Å²) in [5.74, 6) is -0.0784. The minimum absolute atomic E-state index is 0.0126. The number of H-pyrrole nitrogens is 1. The predicted octanol–water partition coefficient (Wildman–Crippen LogP) is 3.53. The highest BCUT2D eigenvalue weighted by molar-refractivity contribution is 6.30. The Bertz CT molecular complexity index is 844. The number of ketones is 1. The number of carbonyl (C=O) groups excluding carboxylic acids is 2. The Morgan fingerprint density at radius 1 is 1.35 bits per heavy atom. The van der Waals surface area contributed by atoms with Crippen LogP contribution in [0.15, 0.2) is 24.3 Å². The first-order valence-corrected chi connectivity index (χ1v) is 9.31. The molecule has 2 N–H and O–H groups in total. The van der Waals surface area contributed by atoms with Gasteiger partial charge in [0.2, 0.25) is 0 Å². The van der Waals surface area contributed by atoms with Crippen molar-refractivity contribution in [3.63, 3.8) is 0 Å². The lowest BCUT2D eigenvalue weighted by molar-refractivity contribution is 0.0627. The number of rotatable bonds is 4. The number of nitrogens with one attached hydrogen (secondary N) is 2. The number of benzene rings is 1. The number of halogens is 1. The van der Waals surface area contributed by atoms with E-state index in [0.717, 1.165) is 23.4 Å². The monoisotopic (exact) mass is 373 g/mol. The maximum Gasteiger partial charge on any atom is 0.271 e. The summed E-state index contributed by atoms with van der Waals surface area (Å²) in [5.41, 5.74) is 3.75. The summed E-state index contributed by atoms with van der Waals surface area (Å²) in [6.07, 6.45) is 0.633. The third-order valence-electron chi connectivity index (χ3n) is 4.95. The molecule has 26 heavy (non-hydrogen) atoms. The smallest absolute Gasteiger partial charge is 0.271 e. The molecule has 0 aliphatic carbocycles. The van der Waals surface area contributed by atoms with Crippen LogP contribution in [0.3, 0.4) is 0 Å². The molecule has 1 unspecified atom stereocenters. The lowest BCUT2D eigenvalue weighted by Crippen LogP contribution is -2.49. The molecular weight excluding hydrogens is 350 g/mol. The molecule has 0 radical (unpaired) electrons. The number of piperazine rings is 1. The van der Waals surface area contributed by atoms with Gasteiger partial charge in [0.25, 0.3) is 5.91 Å². The molecule has 1 aromatic carbocycles. The van der Waals surface area contributed by atoms with Gasteiger partial charge in [0.1, 0.15) is 5.69 Å². The molecule has 0 saturated carbocycles. The summed E-state index contributed by atoms with van der Waals surface area (Å²) in [7, 11) is 0. The molecular formula is C20H24ClN3O2. The summed E-state index contributed by atoms with van der Waals surface area (Å²) < 4.78 is 0. The van der Waals surface area contributed by atoms with Gasteiger partial charge in [-0.15, -0.1) is 0 Å². The minimum atomic E-state index is -0.0935. The molecule has 1 aliphatic rings. The standard InChI is InChI=1S/C20H24ClN3O2/c1-4-16-18(13(3)25)12(2)23-19(16)20(26)24-9-8-22-11-17(24)14-6-5-7-15(21)10-14/h5-7,10,17,22-23H,4,8-9,11H2,1-3H3. The van der Waals surface area contributed by atoms with E-state index in [1.165, 1.54) is 0 Å². The van der Waals surface area contributed by atoms with E-state index in [1.807, 2.05) is 43.0 Å². The Morgan fingerprint density at radius 2 is 2.12 bits per heavy atom. The minimum Gasteiger partial charge on any atom is -0.354 e. The Morgan fingerprint density at radius 3 is 2.77 bits per heavy atom. The number of aromatic amines is 1. The molecule has 0 spiro atoms. The zero-order valence-corrected chi connectivity index (χ0v) is 16.1. The van der Waals surface area contributed by atoms with Crippen molar-refractivity contribution < 1.29 is 9.59 Å². The zero-order chi connectivity index (χ0) is 18.8. The normalized spacial score (nSPS) is 17.4. The third-order valence-corrected chi connectivity index (χ3v) is 5.18. The van der Waals surface area contributed by atoms with Crippen molar-refractivity contribution >= 4 is 23.3 Å². The third kappa shape index (κ3) is 3.41. The molecule has 138 valence electrons. The van der Waals surface area contributed by atoms with E-state index in [1.54, 1.807) is 6.92 Å². The molecule has 1 amide bonds. The number of amides is 1. The van der Waals surface area contributed by atoms with Crippen molar-refractivity contribution in [2.45, 2.75) is 33.2 Å². The van der Waals surface area contributed by atoms with Gasteiger partial charge < -0.3 is 15.2 Å². The second-order valence-electron chi connectivity index (χ2n) is 6.66. The summed E-state index contributed by atoms with van der Waals surface area (Å²) >= 11 is 6.15. The summed E-state index contributed by atoms with van der Waals surface area (Å²) in [4.78, 5) is 30.4. The van der Waals surface area contributed by atoms with Gasteiger partial charge in [-0.2, -0.15) is 0 Å². The molecule has 1 saturated heterocycles. The van der Waals surface area contributed by atoms with Crippen LogP contribution in [0.5, 0.6) is 0 Å². The second kappa shape index (κ2) is 7.64. The highest BCUT2D eigenvalue weighted by Crippen LogP contribution is 2.28. The van der Waals surface area contributed by atoms with Crippen molar-refractivity contribution in [3.8, 4) is 0 Å². The molecule has 6 heteroatoms. The van der Waals surface area contributed by atoms with E-state index in [0.29, 0.717) is 35.8 Å². The van der Waals surface area contributed by atoms with E-state index in [-0.39, 0.29) is 17.7 Å². The van der Waals surface area contributed by atoms with E-state index in [2.05, 4.69) is 10.3 Å². The van der Waals surface area contributed by atoms with Gasteiger partial charge in [0, 0.05) is 35.9 Å².